The largest absolute Gasteiger partial charge is 0.486 e. The zero-order valence-corrected chi connectivity index (χ0v) is 9.48. The van der Waals surface area contributed by atoms with Gasteiger partial charge in [-0.05, 0) is 19.1 Å². The second-order valence-electron chi connectivity index (χ2n) is 3.19. The number of anilines is 1. The Hall–Kier alpha value is -1.43. The SMILES string of the molecule is [CH2]CN(c1ccc2c(c1)OCCO2)[SH](=O)=O. The third kappa shape index (κ3) is 2.06. The summed E-state index contributed by atoms with van der Waals surface area (Å²) in [6, 6.07) is 5.01. The Morgan fingerprint density at radius 3 is 2.56 bits per heavy atom. The molecule has 0 saturated carbocycles. The molecule has 1 aromatic carbocycles. The van der Waals surface area contributed by atoms with Gasteiger partial charge in [0.05, 0.1) is 5.69 Å². The lowest BCUT2D eigenvalue weighted by Crippen LogP contribution is -2.21. The lowest BCUT2D eigenvalue weighted by Gasteiger charge is -2.21. The van der Waals surface area contributed by atoms with Gasteiger partial charge in [-0.3, -0.25) is 4.31 Å². The number of nitrogens with zero attached hydrogens (tertiary/aromatic N) is 1. The van der Waals surface area contributed by atoms with E-state index in [1.807, 2.05) is 0 Å². The summed E-state index contributed by atoms with van der Waals surface area (Å²) in [4.78, 5) is 0. The minimum absolute atomic E-state index is 0.151. The fourth-order valence-corrected chi connectivity index (χ4v) is 1.97. The van der Waals surface area contributed by atoms with Crippen LogP contribution < -0.4 is 13.8 Å². The van der Waals surface area contributed by atoms with Crippen LogP contribution in [0, 0.1) is 6.92 Å². The van der Waals surface area contributed by atoms with Gasteiger partial charge < -0.3 is 9.47 Å². The molecule has 2 rings (SSSR count). The molecule has 6 heteroatoms. The summed E-state index contributed by atoms with van der Waals surface area (Å²) in [5.74, 6) is 1.21. The maximum atomic E-state index is 10.9. The molecule has 1 aromatic rings. The molecule has 0 spiro atoms. The fraction of sp³-hybridized carbons (Fsp3) is 0.300. The Labute approximate surface area is 95.7 Å². The summed E-state index contributed by atoms with van der Waals surface area (Å²) in [6.07, 6.45) is 0. The van der Waals surface area contributed by atoms with Crippen LogP contribution in [-0.2, 0) is 10.9 Å². The van der Waals surface area contributed by atoms with Crippen LogP contribution in [0.15, 0.2) is 18.2 Å². The molecule has 87 valence electrons. The first-order valence-corrected chi connectivity index (χ1v) is 5.96. The number of hydrogen-bond donors (Lipinski definition) is 1. The minimum Gasteiger partial charge on any atom is -0.486 e. The van der Waals surface area contributed by atoms with E-state index in [2.05, 4.69) is 6.92 Å². The van der Waals surface area contributed by atoms with Crippen LogP contribution in [-0.4, -0.2) is 28.2 Å². The predicted octanol–water partition coefficient (Wildman–Crippen LogP) is 0.625. The van der Waals surface area contributed by atoms with E-state index in [0.717, 1.165) is 0 Å². The van der Waals surface area contributed by atoms with E-state index in [9.17, 15) is 8.42 Å². The van der Waals surface area contributed by atoms with Crippen molar-refractivity contribution >= 4 is 16.6 Å². The van der Waals surface area contributed by atoms with Crippen molar-refractivity contribution in [2.24, 2.45) is 0 Å². The van der Waals surface area contributed by atoms with E-state index >= 15 is 0 Å². The van der Waals surface area contributed by atoms with E-state index in [1.165, 1.54) is 4.31 Å². The van der Waals surface area contributed by atoms with Gasteiger partial charge in [0.15, 0.2) is 11.5 Å². The average Bonchev–Trinajstić information content (AvgIpc) is 2.29. The molecule has 0 aromatic heterocycles. The number of fused-ring (bicyclic) bond motifs is 1. The third-order valence-electron chi connectivity index (χ3n) is 2.23. The van der Waals surface area contributed by atoms with Crippen molar-refractivity contribution in [2.45, 2.75) is 0 Å². The van der Waals surface area contributed by atoms with Crippen LogP contribution in [0.2, 0.25) is 0 Å². The summed E-state index contributed by atoms with van der Waals surface area (Å²) >= 11 is 0. The highest BCUT2D eigenvalue weighted by atomic mass is 32.2. The van der Waals surface area contributed by atoms with Crippen molar-refractivity contribution in [3.8, 4) is 11.5 Å². The van der Waals surface area contributed by atoms with Crippen LogP contribution in [0.3, 0.4) is 0 Å². The van der Waals surface area contributed by atoms with Crippen molar-refractivity contribution in [1.29, 1.82) is 0 Å². The number of benzene rings is 1. The van der Waals surface area contributed by atoms with Gasteiger partial charge in [-0.25, -0.2) is 8.42 Å². The normalized spacial score (nSPS) is 13.9. The first-order chi connectivity index (χ1) is 7.72. The van der Waals surface area contributed by atoms with E-state index < -0.39 is 10.9 Å². The highest BCUT2D eigenvalue weighted by molar-refractivity contribution is 7.74. The van der Waals surface area contributed by atoms with Gasteiger partial charge in [0, 0.05) is 12.6 Å². The standard InChI is InChI=1S/C10H12NO4S/c1-2-11(16(12)13)8-3-4-9-10(7-8)15-6-5-14-9/h3-4,7,16H,1-2,5-6H2. The molecule has 0 bridgehead atoms. The van der Waals surface area contributed by atoms with E-state index in [0.29, 0.717) is 30.4 Å². The second-order valence-corrected chi connectivity index (χ2v) is 4.15. The van der Waals surface area contributed by atoms with Crippen LogP contribution in [0.4, 0.5) is 5.69 Å². The van der Waals surface area contributed by atoms with E-state index in [1.54, 1.807) is 18.2 Å². The molecule has 0 N–H and O–H groups in total. The number of ether oxygens (including phenoxy) is 2. The lowest BCUT2D eigenvalue weighted by molar-refractivity contribution is 0.171. The maximum absolute atomic E-state index is 10.9. The second kappa shape index (κ2) is 4.61. The highest BCUT2D eigenvalue weighted by Crippen LogP contribution is 2.33. The molecule has 16 heavy (non-hydrogen) atoms. The Bertz CT molecular complexity index is 450. The monoisotopic (exact) mass is 242 g/mol. The fourth-order valence-electron chi connectivity index (χ4n) is 1.50. The lowest BCUT2D eigenvalue weighted by atomic mass is 10.2. The zero-order valence-electron chi connectivity index (χ0n) is 8.59. The molecule has 0 fully saturated rings. The zero-order chi connectivity index (χ0) is 11.5. The summed E-state index contributed by atoms with van der Waals surface area (Å²) in [5.41, 5.74) is 0.537. The van der Waals surface area contributed by atoms with Crippen LogP contribution >= 0.6 is 0 Å². The summed E-state index contributed by atoms with van der Waals surface area (Å²) in [6.45, 7) is 4.71. The van der Waals surface area contributed by atoms with Gasteiger partial charge in [0.1, 0.15) is 13.2 Å². The van der Waals surface area contributed by atoms with Crippen LogP contribution in [0.25, 0.3) is 0 Å². The molecule has 0 amide bonds. The van der Waals surface area contributed by atoms with Crippen molar-refractivity contribution < 1.29 is 17.9 Å². The summed E-state index contributed by atoms with van der Waals surface area (Å²) < 4.78 is 33.8. The Morgan fingerprint density at radius 1 is 1.25 bits per heavy atom. The molecule has 0 atom stereocenters. The van der Waals surface area contributed by atoms with Crippen molar-refractivity contribution in [1.82, 2.24) is 0 Å². The smallest absolute Gasteiger partial charge is 0.225 e. The van der Waals surface area contributed by atoms with Crippen molar-refractivity contribution in [2.75, 3.05) is 24.1 Å². The number of rotatable bonds is 3. The molecule has 1 heterocycles. The molecule has 0 unspecified atom stereocenters. The maximum Gasteiger partial charge on any atom is 0.225 e. The Morgan fingerprint density at radius 2 is 1.94 bits per heavy atom. The summed E-state index contributed by atoms with van der Waals surface area (Å²) in [5, 5.41) is 0. The average molecular weight is 242 g/mol. The van der Waals surface area contributed by atoms with Gasteiger partial charge in [-0.1, -0.05) is 0 Å². The van der Waals surface area contributed by atoms with E-state index in [-0.39, 0.29) is 6.54 Å². The molecular weight excluding hydrogens is 230 g/mol. The van der Waals surface area contributed by atoms with Crippen LogP contribution in [0.5, 0.6) is 11.5 Å². The third-order valence-corrected chi connectivity index (χ3v) is 3.06. The molecule has 5 nitrogen and oxygen atoms in total. The molecule has 0 aliphatic carbocycles. The first-order valence-electron chi connectivity index (χ1n) is 4.83. The predicted molar refractivity (Wildman–Crippen MR) is 60.4 cm³/mol. The van der Waals surface area contributed by atoms with Gasteiger partial charge >= 0.3 is 0 Å². The topological polar surface area (TPSA) is 55.8 Å². The molecule has 0 saturated heterocycles. The summed E-state index contributed by atoms with van der Waals surface area (Å²) in [7, 11) is -2.68. The quantitative estimate of drug-likeness (QED) is 0.790. The van der Waals surface area contributed by atoms with Crippen molar-refractivity contribution in [3.63, 3.8) is 0 Å². The van der Waals surface area contributed by atoms with Gasteiger partial charge in [-0.15, -0.1) is 0 Å². The number of hydrogen-bond acceptors (Lipinski definition) is 4. The molecular formula is C10H12NO4S. The highest BCUT2D eigenvalue weighted by Gasteiger charge is 2.14. The first kappa shape index (κ1) is 11.1. The molecule has 1 aliphatic rings. The Balaban J connectivity index is 2.35. The minimum atomic E-state index is -2.68. The number of thiol groups is 1. The van der Waals surface area contributed by atoms with E-state index in [4.69, 9.17) is 9.47 Å². The van der Waals surface area contributed by atoms with Crippen LogP contribution in [0.1, 0.15) is 0 Å². The van der Waals surface area contributed by atoms with Gasteiger partial charge in [0.2, 0.25) is 10.9 Å². The van der Waals surface area contributed by atoms with Gasteiger partial charge in [0.25, 0.3) is 0 Å². The van der Waals surface area contributed by atoms with Gasteiger partial charge in [-0.2, -0.15) is 0 Å². The Kier molecular flexibility index (Phi) is 3.19. The molecule has 1 radical (unpaired) electrons. The van der Waals surface area contributed by atoms with Crippen molar-refractivity contribution in [3.05, 3.63) is 25.1 Å². The molecule has 1 aliphatic heterocycles.